The quantitative estimate of drug-likeness (QED) is 0.290. The van der Waals surface area contributed by atoms with Crippen molar-refractivity contribution in [3.8, 4) is 11.1 Å². The SMILES string of the molecule is CCC/C=C(/C)c1cc(-c2ccc3c(c2)N(C)C2=C(CCC(c4ccc5[nH]cc(C)c5c4)=C2)C3)ccc1C. The second-order valence-electron chi connectivity index (χ2n) is 11.2. The van der Waals surface area contributed by atoms with Crippen LogP contribution in [-0.2, 0) is 6.42 Å². The van der Waals surface area contributed by atoms with E-state index < -0.39 is 0 Å². The highest BCUT2D eigenvalue weighted by molar-refractivity contribution is 5.88. The van der Waals surface area contributed by atoms with E-state index in [4.69, 9.17) is 0 Å². The lowest BCUT2D eigenvalue weighted by molar-refractivity contribution is 0.856. The van der Waals surface area contributed by atoms with Crippen molar-refractivity contribution in [3.05, 3.63) is 112 Å². The number of aromatic nitrogens is 1. The normalized spacial score (nSPS) is 15.6. The maximum atomic E-state index is 3.38. The molecule has 0 amide bonds. The Labute approximate surface area is 227 Å². The molecule has 4 aromatic rings. The molecule has 6 rings (SSSR count). The number of hydrogen-bond acceptors (Lipinski definition) is 1. The van der Waals surface area contributed by atoms with Gasteiger partial charge >= 0.3 is 0 Å². The fourth-order valence-corrected chi connectivity index (χ4v) is 6.22. The molecular formula is C36H38N2. The molecule has 2 nitrogen and oxygen atoms in total. The summed E-state index contributed by atoms with van der Waals surface area (Å²) in [4.78, 5) is 5.81. The van der Waals surface area contributed by atoms with Gasteiger partial charge in [-0.2, -0.15) is 0 Å². The number of H-pyrrole nitrogens is 1. The zero-order chi connectivity index (χ0) is 26.4. The van der Waals surface area contributed by atoms with Crippen LogP contribution in [0.3, 0.4) is 0 Å². The van der Waals surface area contributed by atoms with E-state index in [1.54, 1.807) is 5.57 Å². The molecule has 0 saturated heterocycles. The first-order chi connectivity index (χ1) is 18.4. The number of hydrogen-bond donors (Lipinski definition) is 1. The number of aromatic amines is 1. The molecular weight excluding hydrogens is 460 g/mol. The average molecular weight is 499 g/mol. The van der Waals surface area contributed by atoms with Crippen LogP contribution in [0.2, 0.25) is 0 Å². The van der Waals surface area contributed by atoms with Crippen LogP contribution in [0, 0.1) is 13.8 Å². The molecule has 2 heteroatoms. The predicted molar refractivity (Wildman–Crippen MR) is 165 cm³/mol. The molecule has 0 radical (unpaired) electrons. The lowest BCUT2D eigenvalue weighted by Crippen LogP contribution is -2.25. The molecule has 192 valence electrons. The van der Waals surface area contributed by atoms with Gasteiger partial charge < -0.3 is 9.88 Å². The van der Waals surface area contributed by atoms with Gasteiger partial charge in [-0.15, -0.1) is 0 Å². The van der Waals surface area contributed by atoms with Crippen LogP contribution >= 0.6 is 0 Å². The number of benzene rings is 3. The van der Waals surface area contributed by atoms with Crippen molar-refractivity contribution < 1.29 is 0 Å². The van der Waals surface area contributed by atoms with Crippen LogP contribution in [0.1, 0.15) is 67.3 Å². The number of anilines is 1. The molecule has 0 saturated carbocycles. The van der Waals surface area contributed by atoms with E-state index in [0.717, 1.165) is 25.7 Å². The summed E-state index contributed by atoms with van der Waals surface area (Å²) in [5.74, 6) is 0. The zero-order valence-electron chi connectivity index (χ0n) is 23.4. The maximum Gasteiger partial charge on any atom is 0.0457 e. The Balaban J connectivity index is 1.34. The van der Waals surface area contributed by atoms with Crippen molar-refractivity contribution in [2.45, 2.75) is 59.8 Å². The van der Waals surface area contributed by atoms with Gasteiger partial charge in [0.15, 0.2) is 0 Å². The Morgan fingerprint density at radius 1 is 0.921 bits per heavy atom. The molecule has 2 heterocycles. The molecule has 0 unspecified atom stereocenters. The van der Waals surface area contributed by atoms with Crippen molar-refractivity contribution in [2.24, 2.45) is 0 Å². The maximum absolute atomic E-state index is 3.38. The molecule has 38 heavy (non-hydrogen) atoms. The van der Waals surface area contributed by atoms with E-state index in [9.17, 15) is 0 Å². The minimum Gasteiger partial charge on any atom is -0.361 e. The molecule has 0 spiro atoms. The van der Waals surface area contributed by atoms with E-state index in [0.29, 0.717) is 0 Å². The summed E-state index contributed by atoms with van der Waals surface area (Å²) in [5, 5.41) is 1.33. The summed E-state index contributed by atoms with van der Waals surface area (Å²) >= 11 is 0. The minimum atomic E-state index is 1.05. The minimum absolute atomic E-state index is 1.05. The lowest BCUT2D eigenvalue weighted by atomic mass is 9.84. The zero-order valence-corrected chi connectivity index (χ0v) is 23.4. The van der Waals surface area contributed by atoms with Crippen LogP contribution in [0.25, 0.3) is 33.2 Å². The molecule has 1 aromatic heterocycles. The topological polar surface area (TPSA) is 19.0 Å². The molecule has 3 aromatic carbocycles. The second kappa shape index (κ2) is 9.83. The highest BCUT2D eigenvalue weighted by Crippen LogP contribution is 2.42. The number of unbranched alkanes of at least 4 members (excludes halogenated alkanes) is 1. The van der Waals surface area contributed by atoms with Crippen LogP contribution in [0.5, 0.6) is 0 Å². The largest absolute Gasteiger partial charge is 0.361 e. The smallest absolute Gasteiger partial charge is 0.0457 e. The highest BCUT2D eigenvalue weighted by Gasteiger charge is 2.25. The first-order valence-corrected chi connectivity index (χ1v) is 14.1. The van der Waals surface area contributed by atoms with Gasteiger partial charge in [-0.05, 0) is 132 Å². The number of allylic oxidation sites excluding steroid dienone is 5. The van der Waals surface area contributed by atoms with Gasteiger partial charge in [0.2, 0.25) is 0 Å². The molecule has 0 bridgehead atoms. The fraction of sp³-hybridized carbons (Fsp3) is 0.278. The summed E-state index contributed by atoms with van der Waals surface area (Å²) in [7, 11) is 2.24. The first-order valence-electron chi connectivity index (χ1n) is 14.1. The molecule has 2 aliphatic rings. The summed E-state index contributed by atoms with van der Waals surface area (Å²) < 4.78 is 0. The summed E-state index contributed by atoms with van der Waals surface area (Å²) in [6.45, 7) is 8.89. The van der Waals surface area contributed by atoms with Gasteiger partial charge in [0.05, 0.1) is 0 Å². The summed E-state index contributed by atoms with van der Waals surface area (Å²) in [5.41, 5.74) is 17.7. The number of rotatable bonds is 5. The van der Waals surface area contributed by atoms with Gasteiger partial charge in [-0.25, -0.2) is 0 Å². The monoisotopic (exact) mass is 498 g/mol. The molecule has 1 N–H and O–H groups in total. The van der Waals surface area contributed by atoms with Gasteiger partial charge in [0, 0.05) is 35.5 Å². The average Bonchev–Trinajstić information content (AvgIpc) is 3.31. The van der Waals surface area contributed by atoms with Crippen molar-refractivity contribution in [1.29, 1.82) is 0 Å². The number of likely N-dealkylation sites (N-methyl/N-ethyl adjacent to an activating group) is 1. The van der Waals surface area contributed by atoms with Crippen molar-refractivity contribution in [3.63, 3.8) is 0 Å². The number of aryl methyl sites for hydroxylation is 2. The molecule has 0 fully saturated rings. The lowest BCUT2D eigenvalue weighted by Gasteiger charge is -2.35. The number of fused-ring (bicyclic) bond motifs is 2. The second-order valence-corrected chi connectivity index (χ2v) is 11.2. The summed E-state index contributed by atoms with van der Waals surface area (Å²) in [6, 6.07) is 20.9. The Morgan fingerprint density at radius 3 is 2.55 bits per heavy atom. The molecule has 1 aliphatic heterocycles. The first kappa shape index (κ1) is 24.6. The van der Waals surface area contributed by atoms with E-state index in [2.05, 4.69) is 118 Å². The van der Waals surface area contributed by atoms with Crippen molar-refractivity contribution in [1.82, 2.24) is 4.98 Å². The van der Waals surface area contributed by atoms with Crippen molar-refractivity contribution >= 4 is 27.7 Å². The van der Waals surface area contributed by atoms with Crippen LogP contribution in [0.15, 0.2) is 84.2 Å². The van der Waals surface area contributed by atoms with Gasteiger partial charge in [-0.3, -0.25) is 0 Å². The van der Waals surface area contributed by atoms with E-state index in [-0.39, 0.29) is 0 Å². The molecule has 0 atom stereocenters. The Morgan fingerprint density at radius 2 is 1.71 bits per heavy atom. The Kier molecular flexibility index (Phi) is 6.35. The van der Waals surface area contributed by atoms with Gasteiger partial charge in [0.1, 0.15) is 0 Å². The van der Waals surface area contributed by atoms with Crippen LogP contribution < -0.4 is 4.90 Å². The summed E-state index contributed by atoms with van der Waals surface area (Å²) in [6.07, 6.45) is 12.5. The van der Waals surface area contributed by atoms with E-state index in [1.165, 1.54) is 78.8 Å². The number of nitrogens with zero attached hydrogens (tertiary/aromatic N) is 1. The Hall–Kier alpha value is -3.78. The van der Waals surface area contributed by atoms with Crippen molar-refractivity contribution in [2.75, 3.05) is 11.9 Å². The van der Waals surface area contributed by atoms with Crippen LogP contribution in [0.4, 0.5) is 5.69 Å². The predicted octanol–water partition coefficient (Wildman–Crippen LogP) is 9.78. The van der Waals surface area contributed by atoms with Gasteiger partial charge in [-0.1, -0.05) is 49.8 Å². The van der Waals surface area contributed by atoms with E-state index in [1.807, 2.05) is 0 Å². The third kappa shape index (κ3) is 4.32. The Bertz CT molecular complexity index is 1640. The third-order valence-corrected chi connectivity index (χ3v) is 8.58. The standard InChI is InChI=1S/C36H38N2/c1-6-7-8-23(2)32-18-26(10-9-24(32)3)28-11-13-30-17-31-14-12-29(21-36(31)38(5)35(30)20-28)27-15-16-34-33(19-27)25(4)22-37-34/h8-11,13,15-16,18-22,37H,6-7,12,14,17H2,1-5H3/b23-8-. The molecule has 1 aliphatic carbocycles. The number of nitrogens with one attached hydrogen (secondary N) is 1. The third-order valence-electron chi connectivity index (χ3n) is 8.58. The van der Waals surface area contributed by atoms with E-state index >= 15 is 0 Å². The van der Waals surface area contributed by atoms with Gasteiger partial charge in [0.25, 0.3) is 0 Å². The van der Waals surface area contributed by atoms with Crippen LogP contribution in [-0.4, -0.2) is 12.0 Å². The highest BCUT2D eigenvalue weighted by atomic mass is 15.1. The fourth-order valence-electron chi connectivity index (χ4n) is 6.22.